The first-order valence-corrected chi connectivity index (χ1v) is 12.5. The number of fused-ring (bicyclic) bond motifs is 1. The van der Waals surface area contributed by atoms with Crippen LogP contribution in [0.2, 0.25) is 0 Å². The summed E-state index contributed by atoms with van der Waals surface area (Å²) in [5.74, 6) is 0.631. The smallest absolute Gasteiger partial charge is 0.252 e. The third kappa shape index (κ3) is 4.59. The maximum Gasteiger partial charge on any atom is 0.252 e. The first-order valence-electron chi connectivity index (χ1n) is 9.35. The number of H-pyrrole nitrogens is 1. The Labute approximate surface area is 192 Å². The van der Waals surface area contributed by atoms with Gasteiger partial charge in [-0.3, -0.25) is 4.79 Å². The molecule has 4 aromatic rings. The topological polar surface area (TPSA) is 79.5 Å². The predicted molar refractivity (Wildman–Crippen MR) is 126 cm³/mol. The van der Waals surface area contributed by atoms with Crippen LogP contribution >= 0.6 is 27.3 Å². The van der Waals surface area contributed by atoms with Crippen molar-refractivity contribution >= 4 is 48.2 Å². The number of thiophene rings is 1. The average Bonchev–Trinajstić information content (AvgIpc) is 3.26. The summed E-state index contributed by atoms with van der Waals surface area (Å²) in [5, 5.41) is 2.69. The Morgan fingerprint density at radius 3 is 2.58 bits per heavy atom. The number of aromatic amines is 1. The van der Waals surface area contributed by atoms with E-state index in [4.69, 9.17) is 4.74 Å². The first kappa shape index (κ1) is 21.8. The molecular formula is C22H19BrN2O4S2. The molecule has 0 spiro atoms. The van der Waals surface area contributed by atoms with Crippen LogP contribution in [0.15, 0.2) is 80.2 Å². The number of rotatable bonds is 7. The van der Waals surface area contributed by atoms with Crippen LogP contribution in [-0.4, -0.2) is 24.8 Å². The van der Waals surface area contributed by atoms with Gasteiger partial charge in [0.15, 0.2) is 0 Å². The molecule has 2 heterocycles. The number of ether oxygens (including phenoxy) is 1. The van der Waals surface area contributed by atoms with Crippen LogP contribution in [0, 0.1) is 0 Å². The highest BCUT2D eigenvalue weighted by molar-refractivity contribution is 9.10. The molecule has 0 saturated heterocycles. The minimum Gasteiger partial charge on any atom is -0.497 e. The Balaban J connectivity index is 1.77. The molecule has 0 aliphatic carbocycles. The highest BCUT2D eigenvalue weighted by Gasteiger charge is 2.28. The molecule has 0 saturated carbocycles. The van der Waals surface area contributed by atoms with Gasteiger partial charge in [-0.2, -0.15) is 4.31 Å². The second-order valence-electron chi connectivity index (χ2n) is 6.86. The second kappa shape index (κ2) is 8.96. The Bertz CT molecular complexity index is 1380. The average molecular weight is 519 g/mol. The molecule has 1 N–H and O–H groups in total. The molecule has 0 amide bonds. The van der Waals surface area contributed by atoms with E-state index < -0.39 is 10.0 Å². The maximum atomic E-state index is 13.5. The number of hydrogen-bond acceptors (Lipinski definition) is 5. The number of benzene rings is 2. The number of aromatic nitrogens is 1. The number of sulfonamides is 1. The van der Waals surface area contributed by atoms with E-state index in [1.54, 1.807) is 49.6 Å². The molecule has 0 aliphatic rings. The van der Waals surface area contributed by atoms with Crippen molar-refractivity contribution in [3.63, 3.8) is 0 Å². The van der Waals surface area contributed by atoms with Crippen LogP contribution in [0.5, 0.6) is 5.75 Å². The number of halogens is 1. The molecule has 0 unspecified atom stereocenters. The van der Waals surface area contributed by atoms with Crippen molar-refractivity contribution in [1.29, 1.82) is 0 Å². The first-order chi connectivity index (χ1) is 14.9. The number of nitrogens with one attached hydrogen (secondary N) is 1. The third-order valence-electron chi connectivity index (χ3n) is 4.84. The monoisotopic (exact) mass is 518 g/mol. The normalized spacial score (nSPS) is 11.8. The molecular weight excluding hydrogens is 500 g/mol. The number of pyridine rings is 1. The fourth-order valence-electron chi connectivity index (χ4n) is 3.26. The quantitative estimate of drug-likeness (QED) is 0.382. The molecule has 2 aromatic carbocycles. The molecule has 9 heteroatoms. The van der Waals surface area contributed by atoms with E-state index in [1.165, 1.54) is 15.6 Å². The van der Waals surface area contributed by atoms with Gasteiger partial charge in [0.25, 0.3) is 5.56 Å². The van der Waals surface area contributed by atoms with Crippen molar-refractivity contribution in [1.82, 2.24) is 9.29 Å². The van der Waals surface area contributed by atoms with Crippen LogP contribution < -0.4 is 10.3 Å². The SMILES string of the molecule is COc1ccc2cc(CN(Cc3cccs3)S(=O)(=O)c3ccccc3Br)c(=O)[nH]c2c1. The lowest BCUT2D eigenvalue weighted by Crippen LogP contribution is -2.32. The Kier molecular flexibility index (Phi) is 6.29. The standard InChI is InChI=1S/C22H19BrN2O4S2/c1-29-17-9-8-15-11-16(22(26)24-20(15)12-17)13-25(14-18-5-4-10-30-18)31(27,28)21-7-3-2-6-19(21)23/h2-12H,13-14H2,1H3,(H,24,26). The zero-order chi connectivity index (χ0) is 22.0. The van der Waals surface area contributed by atoms with Gasteiger partial charge >= 0.3 is 0 Å². The number of nitrogens with zero attached hydrogens (tertiary/aromatic N) is 1. The lowest BCUT2D eigenvalue weighted by atomic mass is 10.1. The molecule has 0 bridgehead atoms. The zero-order valence-electron chi connectivity index (χ0n) is 16.5. The molecule has 0 radical (unpaired) electrons. The predicted octanol–water partition coefficient (Wildman–Crippen LogP) is 4.75. The molecule has 0 aliphatic heterocycles. The van der Waals surface area contributed by atoms with Crippen LogP contribution in [0.4, 0.5) is 0 Å². The summed E-state index contributed by atoms with van der Waals surface area (Å²) in [4.78, 5) is 16.7. The van der Waals surface area contributed by atoms with E-state index in [-0.39, 0.29) is 23.5 Å². The third-order valence-corrected chi connectivity index (χ3v) is 8.51. The Morgan fingerprint density at radius 1 is 1.06 bits per heavy atom. The van der Waals surface area contributed by atoms with E-state index >= 15 is 0 Å². The summed E-state index contributed by atoms with van der Waals surface area (Å²) in [6.07, 6.45) is 0. The van der Waals surface area contributed by atoms with E-state index in [2.05, 4.69) is 20.9 Å². The van der Waals surface area contributed by atoms with Crippen molar-refractivity contribution in [3.05, 3.63) is 91.3 Å². The Hall–Kier alpha value is -2.46. The highest BCUT2D eigenvalue weighted by Crippen LogP contribution is 2.28. The molecule has 160 valence electrons. The van der Waals surface area contributed by atoms with Gasteiger partial charge in [-0.1, -0.05) is 18.2 Å². The molecule has 0 atom stereocenters. The van der Waals surface area contributed by atoms with Crippen molar-refractivity contribution < 1.29 is 13.2 Å². The van der Waals surface area contributed by atoms with Crippen LogP contribution in [0.1, 0.15) is 10.4 Å². The Morgan fingerprint density at radius 2 is 1.87 bits per heavy atom. The minimum atomic E-state index is -3.87. The lowest BCUT2D eigenvalue weighted by Gasteiger charge is -2.22. The lowest BCUT2D eigenvalue weighted by molar-refractivity contribution is 0.402. The van der Waals surface area contributed by atoms with Crippen molar-refractivity contribution in [2.75, 3.05) is 7.11 Å². The second-order valence-corrected chi connectivity index (χ2v) is 10.7. The highest BCUT2D eigenvalue weighted by atomic mass is 79.9. The summed E-state index contributed by atoms with van der Waals surface area (Å²) in [6, 6.07) is 17.5. The maximum absolute atomic E-state index is 13.5. The summed E-state index contributed by atoms with van der Waals surface area (Å²) in [5.41, 5.74) is 0.663. The van der Waals surface area contributed by atoms with Gasteiger partial charge in [-0.15, -0.1) is 11.3 Å². The van der Waals surface area contributed by atoms with Crippen molar-refractivity contribution in [2.24, 2.45) is 0 Å². The molecule has 0 fully saturated rings. The fourth-order valence-corrected chi connectivity index (χ4v) is 6.42. The van der Waals surface area contributed by atoms with Crippen LogP contribution in [0.3, 0.4) is 0 Å². The van der Waals surface area contributed by atoms with E-state index in [0.717, 1.165) is 10.3 Å². The van der Waals surface area contributed by atoms with Gasteiger partial charge in [0.2, 0.25) is 10.0 Å². The van der Waals surface area contributed by atoms with Crippen LogP contribution in [0.25, 0.3) is 10.9 Å². The molecule has 4 rings (SSSR count). The van der Waals surface area contributed by atoms with Gasteiger partial charge in [0.05, 0.1) is 17.5 Å². The summed E-state index contributed by atoms with van der Waals surface area (Å²) in [7, 11) is -2.31. The fraction of sp³-hybridized carbons (Fsp3) is 0.136. The minimum absolute atomic E-state index is 0.0567. The molecule has 2 aromatic heterocycles. The van der Waals surface area contributed by atoms with Gasteiger partial charge in [-0.05, 0) is 63.1 Å². The van der Waals surface area contributed by atoms with Gasteiger partial charge in [0.1, 0.15) is 5.75 Å². The summed E-state index contributed by atoms with van der Waals surface area (Å²) >= 11 is 4.81. The van der Waals surface area contributed by atoms with Crippen molar-refractivity contribution in [2.45, 2.75) is 18.0 Å². The van der Waals surface area contributed by atoms with E-state index in [1.807, 2.05) is 23.6 Å². The van der Waals surface area contributed by atoms with Gasteiger partial charge in [-0.25, -0.2) is 8.42 Å². The zero-order valence-corrected chi connectivity index (χ0v) is 19.8. The molecule has 31 heavy (non-hydrogen) atoms. The molecule has 6 nitrogen and oxygen atoms in total. The number of hydrogen-bond donors (Lipinski definition) is 1. The summed E-state index contributed by atoms with van der Waals surface area (Å²) < 4.78 is 34.0. The van der Waals surface area contributed by atoms with Crippen LogP contribution in [-0.2, 0) is 23.1 Å². The van der Waals surface area contributed by atoms with Gasteiger partial charge in [0, 0.05) is 34.1 Å². The van der Waals surface area contributed by atoms with E-state index in [0.29, 0.717) is 21.3 Å². The van der Waals surface area contributed by atoms with E-state index in [9.17, 15) is 13.2 Å². The van der Waals surface area contributed by atoms with Gasteiger partial charge < -0.3 is 9.72 Å². The summed E-state index contributed by atoms with van der Waals surface area (Å²) in [6.45, 7) is 0.111. The largest absolute Gasteiger partial charge is 0.497 e. The van der Waals surface area contributed by atoms with Crippen molar-refractivity contribution in [3.8, 4) is 5.75 Å². The number of methoxy groups -OCH3 is 1.